The molecule has 0 aliphatic heterocycles. The first-order valence-electron chi connectivity index (χ1n) is 8.07. The first kappa shape index (κ1) is 17.3. The molecule has 1 aliphatic rings. The van der Waals surface area contributed by atoms with E-state index in [1.165, 1.54) is 23.0 Å². The molecule has 0 saturated carbocycles. The summed E-state index contributed by atoms with van der Waals surface area (Å²) in [5.74, 6) is -2.24. The van der Waals surface area contributed by atoms with Gasteiger partial charge in [0.2, 0.25) is 0 Å². The van der Waals surface area contributed by atoms with Crippen molar-refractivity contribution in [2.45, 2.75) is 19.3 Å². The quantitative estimate of drug-likeness (QED) is 0.570. The molecule has 0 fully saturated rings. The summed E-state index contributed by atoms with van der Waals surface area (Å²) in [6.45, 7) is 0. The van der Waals surface area contributed by atoms with Gasteiger partial charge in [-0.2, -0.15) is 0 Å². The van der Waals surface area contributed by atoms with E-state index < -0.39 is 23.2 Å². The fourth-order valence-corrected chi connectivity index (χ4v) is 4.46. The number of aromatic nitrogens is 1. The number of anilines is 1. The summed E-state index contributed by atoms with van der Waals surface area (Å²) in [6, 6.07) is 9.55. The van der Waals surface area contributed by atoms with Crippen LogP contribution in [0, 0.1) is 11.6 Å². The second-order valence-corrected chi connectivity index (χ2v) is 7.92. The van der Waals surface area contributed by atoms with Crippen LogP contribution in [0.15, 0.2) is 40.9 Å². The number of aryl methyl sites for hydroxylation is 2. The molecule has 1 N–H and O–H groups in total. The van der Waals surface area contributed by atoms with Crippen LogP contribution >= 0.6 is 27.3 Å². The summed E-state index contributed by atoms with van der Waals surface area (Å²) in [6.07, 6.45) is 2.65. The van der Waals surface area contributed by atoms with E-state index in [1.807, 2.05) is 12.1 Å². The molecule has 0 atom stereocenters. The summed E-state index contributed by atoms with van der Waals surface area (Å²) in [7, 11) is 0. The number of fused-ring (bicyclic) bond motifs is 3. The monoisotopic (exact) mass is 434 g/mol. The van der Waals surface area contributed by atoms with Crippen molar-refractivity contribution in [2.75, 3.05) is 5.32 Å². The molecule has 0 unspecified atom stereocenters. The Hall–Kier alpha value is -2.12. The topological polar surface area (TPSA) is 42.0 Å². The maximum Gasteiger partial charge on any atom is 0.284 e. The van der Waals surface area contributed by atoms with Gasteiger partial charge in [-0.25, -0.2) is 13.8 Å². The van der Waals surface area contributed by atoms with Crippen molar-refractivity contribution in [1.29, 1.82) is 0 Å². The van der Waals surface area contributed by atoms with Crippen LogP contribution < -0.4 is 5.32 Å². The van der Waals surface area contributed by atoms with Crippen molar-refractivity contribution >= 4 is 38.9 Å². The summed E-state index contributed by atoms with van der Waals surface area (Å²) in [5.41, 5.74) is 2.67. The van der Waals surface area contributed by atoms with E-state index in [0.717, 1.165) is 52.0 Å². The van der Waals surface area contributed by atoms with Gasteiger partial charge in [-0.05, 0) is 54.7 Å². The van der Waals surface area contributed by atoms with Crippen LogP contribution in [0.25, 0.3) is 10.4 Å². The average Bonchev–Trinajstić information content (AvgIpc) is 2.96. The van der Waals surface area contributed by atoms with E-state index in [4.69, 9.17) is 0 Å². The van der Waals surface area contributed by atoms with Gasteiger partial charge in [0.25, 0.3) is 5.91 Å². The third kappa shape index (κ3) is 3.17. The van der Waals surface area contributed by atoms with Gasteiger partial charge in [0.05, 0.1) is 10.6 Å². The fourth-order valence-electron chi connectivity index (χ4n) is 3.04. The number of nitrogens with zero attached hydrogens (tertiary/aromatic N) is 1. The van der Waals surface area contributed by atoms with E-state index in [-0.39, 0.29) is 5.01 Å². The van der Waals surface area contributed by atoms with Gasteiger partial charge in [-0.15, -0.1) is 11.3 Å². The zero-order valence-corrected chi connectivity index (χ0v) is 15.9. The van der Waals surface area contributed by atoms with Crippen LogP contribution in [0.2, 0.25) is 0 Å². The van der Waals surface area contributed by atoms with E-state index in [2.05, 4.69) is 32.3 Å². The molecular formula is C19H13BrF2N2OS. The smallest absolute Gasteiger partial charge is 0.284 e. The SMILES string of the molecule is O=C(Nc1c(F)cccc1F)c1nc2c(s1)-c1cc(Br)ccc1CCC2. The minimum Gasteiger partial charge on any atom is -0.315 e. The second-order valence-electron chi connectivity index (χ2n) is 6.00. The van der Waals surface area contributed by atoms with Crippen LogP contribution in [0.5, 0.6) is 0 Å². The maximum atomic E-state index is 13.8. The Labute approximate surface area is 161 Å². The summed E-state index contributed by atoms with van der Waals surface area (Å²) >= 11 is 4.74. The number of hydrogen-bond acceptors (Lipinski definition) is 3. The van der Waals surface area contributed by atoms with E-state index in [9.17, 15) is 13.6 Å². The fraction of sp³-hybridized carbons (Fsp3) is 0.158. The van der Waals surface area contributed by atoms with Crippen molar-refractivity contribution in [3.05, 3.63) is 68.8 Å². The van der Waals surface area contributed by atoms with Crippen LogP contribution in [-0.2, 0) is 12.8 Å². The highest BCUT2D eigenvalue weighted by atomic mass is 79.9. The number of carbonyl (C=O) groups excluding carboxylic acids is 1. The molecule has 4 rings (SSSR count). The molecule has 1 heterocycles. The minimum absolute atomic E-state index is 0.200. The van der Waals surface area contributed by atoms with E-state index in [0.29, 0.717) is 0 Å². The molecule has 26 heavy (non-hydrogen) atoms. The normalized spacial score (nSPS) is 12.9. The molecular weight excluding hydrogens is 422 g/mol. The molecule has 1 amide bonds. The molecule has 2 aromatic carbocycles. The van der Waals surface area contributed by atoms with Crippen LogP contribution in [-0.4, -0.2) is 10.9 Å². The van der Waals surface area contributed by atoms with Crippen molar-refractivity contribution in [2.24, 2.45) is 0 Å². The predicted octanol–water partition coefficient (Wildman–Crippen LogP) is 5.59. The van der Waals surface area contributed by atoms with Crippen molar-refractivity contribution in [1.82, 2.24) is 4.98 Å². The largest absolute Gasteiger partial charge is 0.315 e. The number of nitrogens with one attached hydrogen (secondary N) is 1. The van der Waals surface area contributed by atoms with Gasteiger partial charge in [-0.3, -0.25) is 4.79 Å². The zero-order chi connectivity index (χ0) is 18.3. The van der Waals surface area contributed by atoms with Crippen LogP contribution in [0.1, 0.15) is 27.5 Å². The Morgan fingerprint density at radius 3 is 2.69 bits per heavy atom. The highest BCUT2D eigenvalue weighted by Crippen LogP contribution is 2.38. The first-order valence-corrected chi connectivity index (χ1v) is 9.68. The van der Waals surface area contributed by atoms with Gasteiger partial charge in [0.15, 0.2) is 5.01 Å². The molecule has 132 valence electrons. The van der Waals surface area contributed by atoms with Crippen LogP contribution in [0.4, 0.5) is 14.5 Å². The molecule has 0 saturated heterocycles. The lowest BCUT2D eigenvalue weighted by atomic mass is 10.0. The number of thiazole rings is 1. The molecule has 0 spiro atoms. The molecule has 1 aliphatic carbocycles. The number of carbonyl (C=O) groups is 1. The van der Waals surface area contributed by atoms with E-state index >= 15 is 0 Å². The standard InChI is InChI=1S/C19H13BrF2N2OS/c20-11-8-7-10-3-1-6-15-17(12(10)9-11)26-19(23-15)18(25)24-16-13(21)4-2-5-14(16)22/h2,4-5,7-9H,1,3,6H2,(H,24,25). The summed E-state index contributed by atoms with van der Waals surface area (Å²) in [5, 5.41) is 2.50. The lowest BCUT2D eigenvalue weighted by molar-refractivity contribution is 0.102. The second kappa shape index (κ2) is 6.89. The molecule has 3 aromatic rings. The van der Waals surface area contributed by atoms with Crippen LogP contribution in [0.3, 0.4) is 0 Å². The van der Waals surface area contributed by atoms with Gasteiger partial charge in [-0.1, -0.05) is 28.1 Å². The van der Waals surface area contributed by atoms with Crippen molar-refractivity contribution in [3.63, 3.8) is 0 Å². The van der Waals surface area contributed by atoms with Gasteiger partial charge in [0.1, 0.15) is 17.3 Å². The molecule has 7 heteroatoms. The molecule has 0 bridgehead atoms. The molecule has 1 aromatic heterocycles. The molecule has 3 nitrogen and oxygen atoms in total. The van der Waals surface area contributed by atoms with E-state index in [1.54, 1.807) is 0 Å². The lowest BCUT2D eigenvalue weighted by Crippen LogP contribution is -2.14. The zero-order valence-electron chi connectivity index (χ0n) is 13.5. The minimum atomic E-state index is -0.814. The van der Waals surface area contributed by atoms with Gasteiger partial charge < -0.3 is 5.32 Å². The Balaban J connectivity index is 1.71. The number of benzene rings is 2. The lowest BCUT2D eigenvalue weighted by Gasteiger charge is -2.06. The molecule has 0 radical (unpaired) electrons. The third-order valence-corrected chi connectivity index (χ3v) is 5.89. The maximum absolute atomic E-state index is 13.8. The van der Waals surface area contributed by atoms with Gasteiger partial charge >= 0.3 is 0 Å². The summed E-state index contributed by atoms with van der Waals surface area (Å²) < 4.78 is 28.5. The Morgan fingerprint density at radius 1 is 1.15 bits per heavy atom. The van der Waals surface area contributed by atoms with Crippen molar-refractivity contribution < 1.29 is 13.6 Å². The third-order valence-electron chi connectivity index (χ3n) is 4.27. The van der Waals surface area contributed by atoms with Gasteiger partial charge in [0, 0.05) is 4.47 Å². The Bertz CT molecular complexity index is 999. The highest BCUT2D eigenvalue weighted by Gasteiger charge is 2.23. The number of hydrogen-bond donors (Lipinski definition) is 1. The summed E-state index contributed by atoms with van der Waals surface area (Å²) in [4.78, 5) is 17.9. The average molecular weight is 435 g/mol. The number of halogens is 3. The Kier molecular flexibility index (Phi) is 4.58. The number of rotatable bonds is 2. The number of amides is 1. The van der Waals surface area contributed by atoms with Crippen molar-refractivity contribution in [3.8, 4) is 10.4 Å². The Morgan fingerprint density at radius 2 is 1.92 bits per heavy atom. The highest BCUT2D eigenvalue weighted by molar-refractivity contribution is 9.10. The predicted molar refractivity (Wildman–Crippen MR) is 102 cm³/mol. The number of para-hydroxylation sites is 1. The first-order chi connectivity index (χ1) is 12.5.